The number of hydrogen-bond donors (Lipinski definition) is 2. The fourth-order valence-electron chi connectivity index (χ4n) is 4.70. The van der Waals surface area contributed by atoms with Crippen LogP contribution in [0.4, 0.5) is 0 Å². The first-order valence-electron chi connectivity index (χ1n) is 11.7. The first-order valence-corrected chi connectivity index (χ1v) is 11.7. The van der Waals surface area contributed by atoms with Crippen LogP contribution >= 0.6 is 0 Å². The number of benzene rings is 4. The standard InChI is InChI=1S/C30H30N2O2/c1-29(2,3)20-15-17(16-21(28(20)34)30(4,5)6)24-26-25(18-11-7-8-12-19(18)27(24)33)31-22-13-9-10-14-23(22)32-26/h7-16,33-34H,1-6H3. The predicted molar refractivity (Wildman–Crippen MR) is 141 cm³/mol. The van der Waals surface area contributed by atoms with Crippen molar-refractivity contribution in [3.05, 3.63) is 71.8 Å². The lowest BCUT2D eigenvalue weighted by atomic mass is 9.77. The van der Waals surface area contributed by atoms with Gasteiger partial charge in [0, 0.05) is 21.9 Å². The largest absolute Gasteiger partial charge is 0.507 e. The molecule has 0 atom stereocenters. The molecule has 0 amide bonds. The fraction of sp³-hybridized carbons (Fsp3) is 0.267. The van der Waals surface area contributed by atoms with Crippen molar-refractivity contribution < 1.29 is 10.2 Å². The van der Waals surface area contributed by atoms with Crippen LogP contribution < -0.4 is 0 Å². The number of aromatic nitrogens is 2. The van der Waals surface area contributed by atoms with E-state index in [9.17, 15) is 10.2 Å². The van der Waals surface area contributed by atoms with Crippen LogP contribution in [0.2, 0.25) is 0 Å². The molecule has 4 heteroatoms. The highest BCUT2D eigenvalue weighted by atomic mass is 16.3. The van der Waals surface area contributed by atoms with Crippen molar-refractivity contribution in [2.75, 3.05) is 0 Å². The highest BCUT2D eigenvalue weighted by Gasteiger charge is 2.28. The summed E-state index contributed by atoms with van der Waals surface area (Å²) in [7, 11) is 0. The molecule has 0 fully saturated rings. The number of phenolic OH excluding ortho intramolecular Hbond substituents is 2. The van der Waals surface area contributed by atoms with Crippen LogP contribution in [0.3, 0.4) is 0 Å². The third-order valence-corrected chi connectivity index (χ3v) is 6.50. The van der Waals surface area contributed by atoms with Crippen LogP contribution in [-0.4, -0.2) is 20.2 Å². The Hall–Kier alpha value is -3.66. The van der Waals surface area contributed by atoms with Crippen LogP contribution in [0.15, 0.2) is 60.7 Å². The van der Waals surface area contributed by atoms with Crippen LogP contribution in [0.5, 0.6) is 11.5 Å². The zero-order chi connectivity index (χ0) is 24.4. The van der Waals surface area contributed by atoms with Gasteiger partial charge < -0.3 is 10.2 Å². The smallest absolute Gasteiger partial charge is 0.133 e. The van der Waals surface area contributed by atoms with Crippen molar-refractivity contribution in [2.24, 2.45) is 0 Å². The quantitative estimate of drug-likeness (QED) is 0.204. The molecule has 5 rings (SSSR count). The Kier molecular flexibility index (Phi) is 4.84. The Bertz CT molecular complexity index is 1550. The molecule has 1 heterocycles. The number of nitrogens with zero attached hydrogens (tertiary/aromatic N) is 2. The Balaban J connectivity index is 2.00. The average Bonchev–Trinajstić information content (AvgIpc) is 2.77. The van der Waals surface area contributed by atoms with E-state index in [0.717, 1.165) is 44.0 Å². The molecule has 5 aromatic rings. The van der Waals surface area contributed by atoms with Crippen molar-refractivity contribution in [1.82, 2.24) is 9.97 Å². The maximum atomic E-state index is 11.6. The molecule has 0 aliphatic heterocycles. The van der Waals surface area contributed by atoms with Gasteiger partial charge in [0.2, 0.25) is 0 Å². The third kappa shape index (κ3) is 3.45. The Morgan fingerprint density at radius 3 is 1.59 bits per heavy atom. The van der Waals surface area contributed by atoms with Gasteiger partial charge >= 0.3 is 0 Å². The molecule has 0 saturated heterocycles. The lowest BCUT2D eigenvalue weighted by Gasteiger charge is -2.28. The summed E-state index contributed by atoms with van der Waals surface area (Å²) in [5.74, 6) is 0.489. The van der Waals surface area contributed by atoms with Crippen molar-refractivity contribution in [2.45, 2.75) is 52.4 Å². The fourth-order valence-corrected chi connectivity index (χ4v) is 4.70. The zero-order valence-corrected chi connectivity index (χ0v) is 20.6. The van der Waals surface area contributed by atoms with E-state index >= 15 is 0 Å². The van der Waals surface area contributed by atoms with Crippen molar-refractivity contribution in [3.63, 3.8) is 0 Å². The molecule has 4 nitrogen and oxygen atoms in total. The molecule has 0 bridgehead atoms. The SMILES string of the molecule is CC(C)(C)c1cc(-c2c(O)c3ccccc3c3nc4ccccc4nc23)cc(C(C)(C)C)c1O. The van der Waals surface area contributed by atoms with E-state index in [1.807, 2.05) is 60.7 Å². The average molecular weight is 451 g/mol. The van der Waals surface area contributed by atoms with Gasteiger partial charge in [-0.25, -0.2) is 9.97 Å². The Labute approximate surface area is 199 Å². The maximum absolute atomic E-state index is 11.6. The molecular formula is C30H30N2O2. The summed E-state index contributed by atoms with van der Waals surface area (Å²) in [5, 5.41) is 24.4. The molecule has 0 spiro atoms. The molecule has 0 unspecified atom stereocenters. The van der Waals surface area contributed by atoms with Gasteiger partial charge in [0.05, 0.1) is 22.1 Å². The molecule has 4 aromatic carbocycles. The number of aromatic hydroxyl groups is 2. The number of para-hydroxylation sites is 2. The van der Waals surface area contributed by atoms with Gasteiger partial charge in [-0.3, -0.25) is 0 Å². The van der Waals surface area contributed by atoms with E-state index in [-0.39, 0.29) is 16.6 Å². The second kappa shape index (κ2) is 7.42. The zero-order valence-electron chi connectivity index (χ0n) is 20.6. The van der Waals surface area contributed by atoms with Crippen molar-refractivity contribution >= 4 is 32.8 Å². The van der Waals surface area contributed by atoms with E-state index in [1.165, 1.54) is 0 Å². The second-order valence-electron chi connectivity index (χ2n) is 11.1. The molecule has 2 N–H and O–H groups in total. The second-order valence-corrected chi connectivity index (χ2v) is 11.1. The lowest BCUT2D eigenvalue weighted by Crippen LogP contribution is -2.17. The summed E-state index contributed by atoms with van der Waals surface area (Å²) >= 11 is 0. The Morgan fingerprint density at radius 2 is 1.06 bits per heavy atom. The van der Waals surface area contributed by atoms with E-state index in [2.05, 4.69) is 41.5 Å². The number of hydrogen-bond acceptors (Lipinski definition) is 4. The van der Waals surface area contributed by atoms with Crippen LogP contribution in [0.25, 0.3) is 44.0 Å². The highest BCUT2D eigenvalue weighted by molar-refractivity contribution is 6.15. The summed E-state index contributed by atoms with van der Waals surface area (Å²) in [6, 6.07) is 19.5. The number of fused-ring (bicyclic) bond motifs is 4. The van der Waals surface area contributed by atoms with Crippen molar-refractivity contribution in [1.29, 1.82) is 0 Å². The molecule has 0 radical (unpaired) electrons. The minimum absolute atomic E-state index is 0.179. The third-order valence-electron chi connectivity index (χ3n) is 6.50. The monoisotopic (exact) mass is 450 g/mol. The molecule has 1 aromatic heterocycles. The van der Waals surface area contributed by atoms with Gasteiger partial charge in [-0.2, -0.15) is 0 Å². The van der Waals surface area contributed by atoms with Crippen LogP contribution in [0.1, 0.15) is 52.7 Å². The summed E-state index contributed by atoms with van der Waals surface area (Å²) in [6.07, 6.45) is 0. The summed E-state index contributed by atoms with van der Waals surface area (Å²) in [6.45, 7) is 12.5. The van der Waals surface area contributed by atoms with Gasteiger partial charge in [-0.05, 0) is 40.7 Å². The van der Waals surface area contributed by atoms with E-state index < -0.39 is 0 Å². The molecule has 0 saturated carbocycles. The summed E-state index contributed by atoms with van der Waals surface area (Å²) in [4.78, 5) is 9.96. The van der Waals surface area contributed by atoms with Gasteiger partial charge in [0.25, 0.3) is 0 Å². The van der Waals surface area contributed by atoms with Gasteiger partial charge in [0.1, 0.15) is 17.0 Å². The van der Waals surface area contributed by atoms with Gasteiger partial charge in [-0.1, -0.05) is 77.9 Å². The highest BCUT2D eigenvalue weighted by Crippen LogP contribution is 2.47. The first-order chi connectivity index (χ1) is 16.0. The summed E-state index contributed by atoms with van der Waals surface area (Å²) < 4.78 is 0. The molecule has 0 aliphatic rings. The first kappa shape index (κ1) is 22.1. The maximum Gasteiger partial charge on any atom is 0.133 e. The van der Waals surface area contributed by atoms with E-state index in [4.69, 9.17) is 9.97 Å². The molecule has 172 valence electrons. The van der Waals surface area contributed by atoms with Crippen LogP contribution in [-0.2, 0) is 10.8 Å². The van der Waals surface area contributed by atoms with Gasteiger partial charge in [-0.15, -0.1) is 0 Å². The predicted octanol–water partition coefficient (Wildman–Crippen LogP) is 7.61. The number of rotatable bonds is 1. The topological polar surface area (TPSA) is 66.2 Å². The van der Waals surface area contributed by atoms with E-state index in [0.29, 0.717) is 16.8 Å². The van der Waals surface area contributed by atoms with E-state index in [1.54, 1.807) is 0 Å². The lowest BCUT2D eigenvalue weighted by molar-refractivity contribution is 0.423. The minimum Gasteiger partial charge on any atom is -0.507 e. The number of phenols is 2. The minimum atomic E-state index is -0.291. The summed E-state index contributed by atoms with van der Waals surface area (Å²) in [5.41, 5.74) is 5.55. The van der Waals surface area contributed by atoms with Crippen molar-refractivity contribution in [3.8, 4) is 22.6 Å². The molecule has 34 heavy (non-hydrogen) atoms. The molecule has 0 aliphatic carbocycles. The normalized spacial score (nSPS) is 12.6. The Morgan fingerprint density at radius 1 is 0.588 bits per heavy atom. The van der Waals surface area contributed by atoms with Gasteiger partial charge in [0.15, 0.2) is 0 Å². The van der Waals surface area contributed by atoms with Crippen LogP contribution in [0, 0.1) is 0 Å². The molecular weight excluding hydrogens is 420 g/mol.